The highest BCUT2D eigenvalue weighted by atomic mass is 32.2. The highest BCUT2D eigenvalue weighted by Gasteiger charge is 2.29. The Balaban J connectivity index is 1.69. The van der Waals surface area contributed by atoms with E-state index in [4.69, 9.17) is 4.74 Å². The molecule has 4 rings (SSSR count). The Hall–Kier alpha value is -3.34. The van der Waals surface area contributed by atoms with Crippen LogP contribution >= 0.6 is 11.7 Å². The minimum absolute atomic E-state index is 0.0350. The number of nitrogens with zero attached hydrogens (tertiary/aromatic N) is 2. The van der Waals surface area contributed by atoms with E-state index in [0.29, 0.717) is 29.1 Å². The topological polar surface area (TPSA) is 110 Å². The molecule has 0 saturated carbocycles. The fourth-order valence-corrected chi connectivity index (χ4v) is 5.14. The van der Waals surface area contributed by atoms with E-state index in [1.165, 1.54) is 6.07 Å². The van der Waals surface area contributed by atoms with Gasteiger partial charge in [0.2, 0.25) is 15.9 Å². The number of amides is 1. The molecule has 3 aromatic carbocycles. The maximum Gasteiger partial charge on any atom is 0.247 e. The van der Waals surface area contributed by atoms with Gasteiger partial charge in [-0.25, -0.2) is 8.42 Å². The Morgan fingerprint density at radius 3 is 2.53 bits per heavy atom. The summed E-state index contributed by atoms with van der Waals surface area (Å²) in [5.74, 6) is -0.0492. The number of hydrogen-bond donors (Lipinski definition) is 2. The van der Waals surface area contributed by atoms with E-state index in [1.54, 1.807) is 66.7 Å². The van der Waals surface area contributed by atoms with Gasteiger partial charge in [0.05, 0.1) is 24.0 Å². The van der Waals surface area contributed by atoms with Gasteiger partial charge in [-0.3, -0.25) is 4.79 Å². The van der Waals surface area contributed by atoms with Crippen LogP contribution in [-0.2, 0) is 14.8 Å². The lowest BCUT2D eigenvalue weighted by Crippen LogP contribution is -2.37. The van der Waals surface area contributed by atoms with Gasteiger partial charge in [0.25, 0.3) is 0 Å². The van der Waals surface area contributed by atoms with Crippen molar-refractivity contribution in [3.63, 3.8) is 0 Å². The minimum atomic E-state index is -4.10. The van der Waals surface area contributed by atoms with Crippen LogP contribution in [0.25, 0.3) is 11.0 Å². The molecular weight excluding hydrogens is 448 g/mol. The molecule has 0 unspecified atom stereocenters. The number of carbonyl (C=O) groups is 1. The number of anilines is 1. The predicted molar refractivity (Wildman–Crippen MR) is 123 cm³/mol. The number of ether oxygens (including phenoxy) is 1. The number of nitrogens with one attached hydrogen (secondary N) is 2. The number of para-hydroxylation sites is 2. The van der Waals surface area contributed by atoms with E-state index in [0.717, 1.165) is 11.7 Å². The SMILES string of the molecule is CCOc1ccccc1NC(=O)[C@H](NS(=O)(=O)c1cccc2nsnc12)c1ccccc1. The molecule has 1 atom stereocenters. The van der Waals surface area contributed by atoms with Crippen LogP contribution in [0.3, 0.4) is 0 Å². The maximum absolute atomic E-state index is 13.3. The lowest BCUT2D eigenvalue weighted by atomic mass is 10.1. The molecule has 0 saturated heterocycles. The summed E-state index contributed by atoms with van der Waals surface area (Å²) in [6.07, 6.45) is 0. The second-order valence-electron chi connectivity index (χ2n) is 6.77. The lowest BCUT2D eigenvalue weighted by molar-refractivity contribution is -0.117. The third-order valence-corrected chi connectivity index (χ3v) is 6.65. The zero-order valence-electron chi connectivity index (χ0n) is 17.1. The molecule has 0 spiro atoms. The van der Waals surface area contributed by atoms with Gasteiger partial charge in [-0.1, -0.05) is 48.5 Å². The maximum atomic E-state index is 13.3. The smallest absolute Gasteiger partial charge is 0.247 e. The summed E-state index contributed by atoms with van der Waals surface area (Å²) in [4.78, 5) is 13.2. The van der Waals surface area contributed by atoms with Crippen molar-refractivity contribution < 1.29 is 17.9 Å². The van der Waals surface area contributed by atoms with E-state index in [2.05, 4.69) is 18.8 Å². The van der Waals surface area contributed by atoms with E-state index in [9.17, 15) is 13.2 Å². The number of fused-ring (bicyclic) bond motifs is 1. The van der Waals surface area contributed by atoms with Crippen molar-refractivity contribution >= 4 is 44.4 Å². The average molecular weight is 469 g/mol. The fourth-order valence-electron chi connectivity index (χ4n) is 3.19. The van der Waals surface area contributed by atoms with Gasteiger partial charge >= 0.3 is 0 Å². The highest BCUT2D eigenvalue weighted by molar-refractivity contribution is 7.89. The molecule has 164 valence electrons. The number of hydrogen-bond acceptors (Lipinski definition) is 7. The monoisotopic (exact) mass is 468 g/mol. The van der Waals surface area contributed by atoms with Crippen LogP contribution in [0, 0.1) is 0 Å². The summed E-state index contributed by atoms with van der Waals surface area (Å²) < 4.78 is 42.8. The van der Waals surface area contributed by atoms with Gasteiger partial charge in [-0.15, -0.1) is 0 Å². The molecule has 10 heteroatoms. The minimum Gasteiger partial charge on any atom is -0.492 e. The number of rotatable bonds is 8. The molecule has 0 aliphatic carbocycles. The van der Waals surface area contributed by atoms with Crippen LogP contribution in [0.5, 0.6) is 5.75 Å². The third-order valence-electron chi connectivity index (χ3n) is 4.65. The van der Waals surface area contributed by atoms with Crippen LogP contribution in [0.15, 0.2) is 77.7 Å². The molecule has 0 radical (unpaired) electrons. The second kappa shape index (κ2) is 9.43. The van der Waals surface area contributed by atoms with Gasteiger partial charge in [0, 0.05) is 0 Å². The Morgan fingerprint density at radius 1 is 1.00 bits per heavy atom. The van der Waals surface area contributed by atoms with Crippen LogP contribution in [0.4, 0.5) is 5.69 Å². The van der Waals surface area contributed by atoms with Crippen molar-refractivity contribution in [1.29, 1.82) is 0 Å². The summed E-state index contributed by atoms with van der Waals surface area (Å²) in [6.45, 7) is 2.26. The van der Waals surface area contributed by atoms with E-state index in [-0.39, 0.29) is 10.4 Å². The molecule has 4 aromatic rings. The zero-order valence-corrected chi connectivity index (χ0v) is 18.7. The van der Waals surface area contributed by atoms with E-state index in [1.807, 2.05) is 6.92 Å². The summed E-state index contributed by atoms with van der Waals surface area (Å²) in [5.41, 5.74) is 1.68. The Morgan fingerprint density at radius 2 is 1.75 bits per heavy atom. The van der Waals surface area contributed by atoms with Crippen molar-refractivity contribution in [2.45, 2.75) is 17.9 Å². The number of sulfonamides is 1. The Kier molecular flexibility index (Phi) is 6.45. The Labute approximate surface area is 189 Å². The van der Waals surface area contributed by atoms with Gasteiger partial charge in [0.1, 0.15) is 27.7 Å². The third kappa shape index (κ3) is 4.62. The van der Waals surface area contributed by atoms with Crippen molar-refractivity contribution in [3.05, 3.63) is 78.4 Å². The van der Waals surface area contributed by atoms with Crippen molar-refractivity contribution in [2.75, 3.05) is 11.9 Å². The average Bonchev–Trinajstić information content (AvgIpc) is 3.28. The van der Waals surface area contributed by atoms with E-state index < -0.39 is 22.0 Å². The number of carbonyl (C=O) groups excluding carboxylic acids is 1. The van der Waals surface area contributed by atoms with E-state index >= 15 is 0 Å². The van der Waals surface area contributed by atoms with Crippen molar-refractivity contribution in [3.8, 4) is 5.75 Å². The fraction of sp³-hybridized carbons (Fsp3) is 0.136. The lowest BCUT2D eigenvalue weighted by Gasteiger charge is -2.20. The second-order valence-corrected chi connectivity index (χ2v) is 8.98. The molecule has 0 aliphatic rings. The van der Waals surface area contributed by atoms with Crippen molar-refractivity contribution in [1.82, 2.24) is 13.5 Å². The highest BCUT2D eigenvalue weighted by Crippen LogP contribution is 2.27. The normalized spacial score (nSPS) is 12.4. The molecule has 32 heavy (non-hydrogen) atoms. The first-order valence-corrected chi connectivity index (χ1v) is 12.0. The molecule has 2 N–H and O–H groups in total. The van der Waals surface area contributed by atoms with Gasteiger partial charge in [0.15, 0.2) is 0 Å². The quantitative estimate of drug-likeness (QED) is 0.408. The largest absolute Gasteiger partial charge is 0.492 e. The molecule has 1 heterocycles. The molecule has 8 nitrogen and oxygen atoms in total. The number of benzene rings is 3. The first-order valence-electron chi connectivity index (χ1n) is 9.81. The summed E-state index contributed by atoms with van der Waals surface area (Å²) in [7, 11) is -4.10. The molecule has 0 bridgehead atoms. The van der Waals surface area contributed by atoms with Crippen LogP contribution < -0.4 is 14.8 Å². The zero-order chi connectivity index (χ0) is 22.6. The standard InChI is InChI=1S/C22H20N4O4S2/c1-2-30-18-13-7-6-11-16(18)23-22(27)20(15-9-4-3-5-10-15)26-32(28,29)19-14-8-12-17-21(19)25-31-24-17/h3-14,20,26H,2H2,1H3,(H,23,27)/t20-/m1/s1. The van der Waals surface area contributed by atoms with Gasteiger partial charge < -0.3 is 10.1 Å². The summed E-state index contributed by atoms with van der Waals surface area (Å²) >= 11 is 0.927. The molecule has 0 fully saturated rings. The van der Waals surface area contributed by atoms with Crippen LogP contribution in [-0.4, -0.2) is 29.7 Å². The molecule has 1 amide bonds. The Bertz CT molecular complexity index is 1340. The van der Waals surface area contributed by atoms with Crippen molar-refractivity contribution in [2.24, 2.45) is 0 Å². The molecule has 1 aromatic heterocycles. The van der Waals surface area contributed by atoms with Gasteiger partial charge in [-0.05, 0) is 36.8 Å². The summed E-state index contributed by atoms with van der Waals surface area (Å²) in [6, 6.07) is 19.2. The summed E-state index contributed by atoms with van der Waals surface area (Å²) in [5, 5.41) is 2.78. The molecule has 0 aliphatic heterocycles. The molecular formula is C22H20N4O4S2. The first kappa shape index (κ1) is 21.9. The first-order chi connectivity index (χ1) is 15.5. The number of aromatic nitrogens is 2. The van der Waals surface area contributed by atoms with Gasteiger partial charge in [-0.2, -0.15) is 13.5 Å². The van der Waals surface area contributed by atoms with Crippen LogP contribution in [0.2, 0.25) is 0 Å². The predicted octanol–water partition coefficient (Wildman–Crippen LogP) is 3.75. The van der Waals surface area contributed by atoms with Crippen LogP contribution in [0.1, 0.15) is 18.5 Å².